The zero-order valence-electron chi connectivity index (χ0n) is 9.37. The Morgan fingerprint density at radius 2 is 2.06 bits per heavy atom. The minimum absolute atomic E-state index is 0.0117. The maximum Gasteiger partial charge on any atom is 0.232 e. The van der Waals surface area contributed by atoms with E-state index in [0.29, 0.717) is 16.5 Å². The second kappa shape index (κ2) is 4.93. The fourth-order valence-corrected chi connectivity index (χ4v) is 1.94. The molecular formula is C10H14ClNO3S. The number of anilines is 1. The van der Waals surface area contributed by atoms with E-state index in [0.717, 1.165) is 5.56 Å². The van der Waals surface area contributed by atoms with Crippen molar-refractivity contribution in [3.8, 4) is 5.75 Å². The summed E-state index contributed by atoms with van der Waals surface area (Å²) in [7, 11) is -1.84. The number of halogens is 1. The van der Waals surface area contributed by atoms with Gasteiger partial charge in [0.05, 0.1) is 18.6 Å². The van der Waals surface area contributed by atoms with Crippen LogP contribution in [0.25, 0.3) is 0 Å². The van der Waals surface area contributed by atoms with Gasteiger partial charge < -0.3 is 4.74 Å². The first-order valence-electron chi connectivity index (χ1n) is 4.74. The molecule has 1 rings (SSSR count). The van der Waals surface area contributed by atoms with Gasteiger partial charge in [-0.1, -0.05) is 11.6 Å². The van der Waals surface area contributed by atoms with E-state index in [9.17, 15) is 8.42 Å². The Morgan fingerprint density at radius 3 is 2.56 bits per heavy atom. The Hall–Kier alpha value is -0.940. The zero-order valence-corrected chi connectivity index (χ0v) is 10.9. The number of benzene rings is 1. The monoisotopic (exact) mass is 263 g/mol. The Balaban J connectivity index is 3.18. The third kappa shape index (κ3) is 3.02. The molecule has 0 aliphatic heterocycles. The number of ether oxygens (including phenoxy) is 1. The average molecular weight is 264 g/mol. The van der Waals surface area contributed by atoms with Crippen LogP contribution >= 0.6 is 11.6 Å². The fraction of sp³-hybridized carbons (Fsp3) is 0.400. The van der Waals surface area contributed by atoms with Gasteiger partial charge in [0.25, 0.3) is 0 Å². The van der Waals surface area contributed by atoms with Crippen LogP contribution in [0.5, 0.6) is 5.75 Å². The second-order valence-corrected chi connectivity index (χ2v) is 5.73. The molecule has 0 amide bonds. The topological polar surface area (TPSA) is 55.4 Å². The molecular weight excluding hydrogens is 250 g/mol. The van der Waals surface area contributed by atoms with Gasteiger partial charge in [-0.3, -0.25) is 4.72 Å². The van der Waals surface area contributed by atoms with E-state index in [1.807, 2.05) is 0 Å². The molecule has 90 valence electrons. The molecule has 1 N–H and O–H groups in total. The van der Waals surface area contributed by atoms with Crippen molar-refractivity contribution in [1.29, 1.82) is 0 Å². The lowest BCUT2D eigenvalue weighted by atomic mass is 10.2. The molecule has 4 nitrogen and oxygen atoms in total. The summed E-state index contributed by atoms with van der Waals surface area (Å²) in [5.74, 6) is 0.422. The average Bonchev–Trinajstić information content (AvgIpc) is 2.22. The predicted molar refractivity (Wildman–Crippen MR) is 65.8 cm³/mol. The highest BCUT2D eigenvalue weighted by molar-refractivity contribution is 7.92. The molecule has 0 heterocycles. The molecule has 1 aromatic rings. The summed E-state index contributed by atoms with van der Waals surface area (Å²) in [6.45, 7) is 3.36. The highest BCUT2D eigenvalue weighted by Crippen LogP contribution is 2.31. The van der Waals surface area contributed by atoms with Crippen molar-refractivity contribution in [3.63, 3.8) is 0 Å². The van der Waals surface area contributed by atoms with Crippen LogP contribution in [0.4, 0.5) is 5.69 Å². The van der Waals surface area contributed by atoms with E-state index in [2.05, 4.69) is 4.72 Å². The van der Waals surface area contributed by atoms with E-state index in [4.69, 9.17) is 16.3 Å². The first kappa shape index (κ1) is 13.1. The molecule has 16 heavy (non-hydrogen) atoms. The zero-order chi connectivity index (χ0) is 12.3. The van der Waals surface area contributed by atoms with Crippen LogP contribution in [0.3, 0.4) is 0 Å². The molecule has 0 atom stereocenters. The summed E-state index contributed by atoms with van der Waals surface area (Å²) >= 11 is 5.91. The molecule has 0 spiro atoms. The number of rotatable bonds is 4. The lowest BCUT2D eigenvalue weighted by Gasteiger charge is -2.12. The molecule has 0 saturated heterocycles. The first-order chi connectivity index (χ1) is 7.39. The molecule has 0 saturated carbocycles. The molecule has 0 radical (unpaired) electrons. The summed E-state index contributed by atoms with van der Waals surface area (Å²) in [4.78, 5) is 0. The molecule has 1 aromatic carbocycles. The van der Waals surface area contributed by atoms with Crippen molar-refractivity contribution >= 4 is 27.3 Å². The largest absolute Gasteiger partial charge is 0.495 e. The molecule has 0 aromatic heterocycles. The van der Waals surface area contributed by atoms with Gasteiger partial charge in [0.2, 0.25) is 10.0 Å². The summed E-state index contributed by atoms with van der Waals surface area (Å²) in [5, 5.41) is 0.538. The number of aryl methyl sites for hydroxylation is 1. The fourth-order valence-electron chi connectivity index (χ4n) is 1.15. The van der Waals surface area contributed by atoms with Crippen molar-refractivity contribution in [2.45, 2.75) is 13.8 Å². The van der Waals surface area contributed by atoms with Crippen LogP contribution in [0.15, 0.2) is 12.1 Å². The summed E-state index contributed by atoms with van der Waals surface area (Å²) in [5.41, 5.74) is 1.20. The van der Waals surface area contributed by atoms with Gasteiger partial charge in [0.15, 0.2) is 0 Å². The molecule has 0 fully saturated rings. The first-order valence-corrected chi connectivity index (χ1v) is 6.77. The van der Waals surface area contributed by atoms with E-state index >= 15 is 0 Å². The van der Waals surface area contributed by atoms with Gasteiger partial charge in [-0.2, -0.15) is 0 Å². The van der Waals surface area contributed by atoms with Gasteiger partial charge in [-0.05, 0) is 25.5 Å². The predicted octanol–water partition coefficient (Wildman–Crippen LogP) is 2.42. The van der Waals surface area contributed by atoms with E-state index in [1.54, 1.807) is 26.0 Å². The van der Waals surface area contributed by atoms with Gasteiger partial charge in [0.1, 0.15) is 5.75 Å². The molecule has 0 unspecified atom stereocenters. The second-order valence-electron chi connectivity index (χ2n) is 3.31. The SMILES string of the molecule is CCS(=O)(=O)Nc1cc(C)c(Cl)cc1OC. The maximum absolute atomic E-state index is 11.4. The number of sulfonamides is 1. The van der Waals surface area contributed by atoms with Crippen LogP contribution in [0.1, 0.15) is 12.5 Å². The summed E-state index contributed by atoms with van der Waals surface area (Å²) in [6, 6.07) is 3.23. The quantitative estimate of drug-likeness (QED) is 0.908. The Labute approximate surface area is 101 Å². The van der Waals surface area contributed by atoms with Crippen LogP contribution in [0.2, 0.25) is 5.02 Å². The van der Waals surface area contributed by atoms with E-state index in [1.165, 1.54) is 7.11 Å². The van der Waals surface area contributed by atoms with Crippen LogP contribution in [-0.2, 0) is 10.0 Å². The minimum atomic E-state index is -3.31. The van der Waals surface area contributed by atoms with Gasteiger partial charge >= 0.3 is 0 Å². The van der Waals surface area contributed by atoms with Crippen LogP contribution < -0.4 is 9.46 Å². The van der Waals surface area contributed by atoms with Crippen molar-refractivity contribution in [2.24, 2.45) is 0 Å². The third-order valence-electron chi connectivity index (χ3n) is 2.13. The molecule has 0 bridgehead atoms. The normalized spacial score (nSPS) is 11.2. The minimum Gasteiger partial charge on any atom is -0.495 e. The summed E-state index contributed by atoms with van der Waals surface area (Å²) < 4.78 is 30.4. The molecule has 0 aliphatic rings. The highest BCUT2D eigenvalue weighted by atomic mass is 35.5. The summed E-state index contributed by atoms with van der Waals surface area (Å²) in [6.07, 6.45) is 0. The van der Waals surface area contributed by atoms with E-state index in [-0.39, 0.29) is 5.75 Å². The van der Waals surface area contributed by atoms with Gasteiger partial charge in [-0.25, -0.2) is 8.42 Å². The van der Waals surface area contributed by atoms with Gasteiger partial charge in [0, 0.05) is 11.1 Å². The van der Waals surface area contributed by atoms with Crippen molar-refractivity contribution < 1.29 is 13.2 Å². The smallest absolute Gasteiger partial charge is 0.232 e. The Kier molecular flexibility index (Phi) is 4.04. The van der Waals surface area contributed by atoms with Crippen molar-refractivity contribution in [2.75, 3.05) is 17.6 Å². The van der Waals surface area contributed by atoms with E-state index < -0.39 is 10.0 Å². The van der Waals surface area contributed by atoms with Crippen LogP contribution in [-0.4, -0.2) is 21.3 Å². The molecule has 0 aliphatic carbocycles. The van der Waals surface area contributed by atoms with Crippen molar-refractivity contribution in [3.05, 3.63) is 22.7 Å². The molecule has 6 heteroatoms. The lowest BCUT2D eigenvalue weighted by molar-refractivity contribution is 0.417. The maximum atomic E-state index is 11.4. The Bertz CT molecular complexity index is 485. The lowest BCUT2D eigenvalue weighted by Crippen LogP contribution is -2.15. The highest BCUT2D eigenvalue weighted by Gasteiger charge is 2.12. The number of nitrogens with one attached hydrogen (secondary N) is 1. The number of hydrogen-bond donors (Lipinski definition) is 1. The third-order valence-corrected chi connectivity index (χ3v) is 3.82. The van der Waals surface area contributed by atoms with Gasteiger partial charge in [-0.15, -0.1) is 0 Å². The van der Waals surface area contributed by atoms with Crippen molar-refractivity contribution in [1.82, 2.24) is 0 Å². The van der Waals surface area contributed by atoms with Crippen LogP contribution in [0, 0.1) is 6.92 Å². The Morgan fingerprint density at radius 1 is 1.44 bits per heavy atom. The standard InChI is InChI=1S/C10H14ClNO3S/c1-4-16(13,14)12-9-5-7(2)8(11)6-10(9)15-3/h5-6,12H,4H2,1-3H3. The number of hydrogen-bond acceptors (Lipinski definition) is 3. The number of methoxy groups -OCH3 is 1.